The highest BCUT2D eigenvalue weighted by Gasteiger charge is 2.16. The van der Waals surface area contributed by atoms with Crippen LogP contribution in [0.4, 0.5) is 0 Å². The van der Waals surface area contributed by atoms with Gasteiger partial charge in [-0.1, -0.05) is 6.92 Å². The Kier molecular flexibility index (Phi) is 3.74. The molecule has 0 saturated carbocycles. The van der Waals surface area contributed by atoms with E-state index >= 15 is 0 Å². The summed E-state index contributed by atoms with van der Waals surface area (Å²) in [5, 5.41) is 0. The minimum absolute atomic E-state index is 0.146. The first-order chi connectivity index (χ1) is 6.03. The molecule has 0 aliphatic carbocycles. The summed E-state index contributed by atoms with van der Waals surface area (Å²) in [5.41, 5.74) is 5.71. The van der Waals surface area contributed by atoms with Gasteiger partial charge in [0, 0.05) is 27.3 Å². The predicted octanol–water partition coefficient (Wildman–Crippen LogP) is 1.23. The zero-order valence-electron chi connectivity index (χ0n) is 8.53. The summed E-state index contributed by atoms with van der Waals surface area (Å²) in [6.07, 6.45) is 2.16. The Bertz CT molecular complexity index is 255. The molecular weight excluding hydrogens is 184 g/mol. The van der Waals surface area contributed by atoms with Gasteiger partial charge in [0.1, 0.15) is 0 Å². The van der Waals surface area contributed by atoms with Gasteiger partial charge in [-0.05, 0) is 25.7 Å². The van der Waals surface area contributed by atoms with Crippen molar-refractivity contribution < 1.29 is 4.21 Å². The minimum Gasteiger partial charge on any atom is -0.328 e. The lowest BCUT2D eigenvalue weighted by Crippen LogP contribution is -2.26. The Morgan fingerprint density at radius 3 is 2.38 bits per heavy atom. The number of hydrogen-bond acceptors (Lipinski definition) is 3. The fourth-order valence-electron chi connectivity index (χ4n) is 1.31. The summed E-state index contributed by atoms with van der Waals surface area (Å²) in [4.78, 5) is 0. The molecule has 0 aromatic rings. The van der Waals surface area contributed by atoms with E-state index in [0.29, 0.717) is 12.5 Å². The van der Waals surface area contributed by atoms with E-state index in [1.165, 1.54) is 0 Å². The predicted molar refractivity (Wildman–Crippen MR) is 57.2 cm³/mol. The molecule has 2 atom stereocenters. The van der Waals surface area contributed by atoms with Crippen molar-refractivity contribution in [1.82, 2.24) is 0 Å². The van der Waals surface area contributed by atoms with Gasteiger partial charge in [0.2, 0.25) is 0 Å². The molecule has 0 radical (unpaired) electrons. The molecule has 0 amide bonds. The van der Waals surface area contributed by atoms with Crippen molar-refractivity contribution >= 4 is 9.73 Å². The molecular formula is C9H20N2OS. The first-order valence-electron chi connectivity index (χ1n) is 4.97. The van der Waals surface area contributed by atoms with Crippen LogP contribution in [0, 0.1) is 5.92 Å². The van der Waals surface area contributed by atoms with Crippen molar-refractivity contribution in [2.24, 2.45) is 16.0 Å². The topological polar surface area (TPSA) is 55.4 Å². The summed E-state index contributed by atoms with van der Waals surface area (Å²) in [6.45, 7) is 4.70. The Morgan fingerprint density at radius 1 is 1.38 bits per heavy atom. The van der Waals surface area contributed by atoms with Crippen molar-refractivity contribution in [2.45, 2.75) is 32.7 Å². The Morgan fingerprint density at radius 2 is 1.92 bits per heavy atom. The van der Waals surface area contributed by atoms with Crippen LogP contribution >= 0.6 is 0 Å². The SMILES string of the molecule is CC(N)C(C)CN=S1(=O)CCCC1. The van der Waals surface area contributed by atoms with E-state index in [1.54, 1.807) is 0 Å². The van der Waals surface area contributed by atoms with Crippen molar-refractivity contribution in [3.05, 3.63) is 0 Å². The Balaban J connectivity index is 2.52. The maximum absolute atomic E-state index is 11.9. The fourth-order valence-corrected chi connectivity index (χ4v) is 3.59. The Hall–Kier alpha value is -0.0900. The minimum atomic E-state index is -1.81. The van der Waals surface area contributed by atoms with Gasteiger partial charge in [0.15, 0.2) is 0 Å². The van der Waals surface area contributed by atoms with Crippen molar-refractivity contribution in [2.75, 3.05) is 18.1 Å². The second-order valence-corrected chi connectivity index (χ2v) is 6.66. The van der Waals surface area contributed by atoms with E-state index in [1.807, 2.05) is 6.92 Å². The number of hydrogen-bond donors (Lipinski definition) is 1. The average molecular weight is 204 g/mol. The van der Waals surface area contributed by atoms with Crippen LogP contribution in [0.1, 0.15) is 26.7 Å². The highest BCUT2D eigenvalue weighted by Crippen LogP contribution is 2.14. The lowest BCUT2D eigenvalue weighted by atomic mass is 10.1. The van der Waals surface area contributed by atoms with Crippen molar-refractivity contribution in [3.8, 4) is 0 Å². The first-order valence-corrected chi connectivity index (χ1v) is 6.83. The standard InChI is InChI=1S/C9H20N2OS/c1-8(9(2)10)7-11-13(12)5-3-4-6-13/h8-9H,3-7,10H2,1-2H3. The summed E-state index contributed by atoms with van der Waals surface area (Å²) in [5.74, 6) is 1.95. The Labute approximate surface area is 81.3 Å². The molecule has 13 heavy (non-hydrogen) atoms. The maximum atomic E-state index is 11.9. The highest BCUT2D eigenvalue weighted by atomic mass is 32.2. The van der Waals surface area contributed by atoms with Crippen molar-refractivity contribution in [1.29, 1.82) is 0 Å². The van der Waals surface area contributed by atoms with Crippen LogP contribution in [0.25, 0.3) is 0 Å². The molecule has 0 aromatic heterocycles. The summed E-state index contributed by atoms with van der Waals surface area (Å²) >= 11 is 0. The molecule has 4 heteroatoms. The van der Waals surface area contributed by atoms with E-state index in [9.17, 15) is 4.21 Å². The normalized spacial score (nSPS) is 25.5. The number of nitrogens with zero attached hydrogens (tertiary/aromatic N) is 1. The van der Waals surface area contributed by atoms with Gasteiger partial charge >= 0.3 is 0 Å². The van der Waals surface area contributed by atoms with E-state index < -0.39 is 9.73 Å². The first kappa shape index (κ1) is 11.0. The molecule has 2 N–H and O–H groups in total. The van der Waals surface area contributed by atoms with E-state index in [2.05, 4.69) is 11.3 Å². The van der Waals surface area contributed by atoms with Gasteiger partial charge < -0.3 is 5.73 Å². The van der Waals surface area contributed by atoms with E-state index in [0.717, 1.165) is 24.3 Å². The smallest absolute Gasteiger partial charge is 0.0524 e. The molecule has 1 aliphatic rings. The van der Waals surface area contributed by atoms with Crippen LogP contribution in [0.5, 0.6) is 0 Å². The second-order valence-electron chi connectivity index (χ2n) is 4.04. The summed E-state index contributed by atoms with van der Waals surface area (Å²) in [7, 11) is -1.81. The zero-order valence-corrected chi connectivity index (χ0v) is 9.35. The molecule has 0 aromatic carbocycles. The zero-order chi connectivity index (χ0) is 9.90. The lowest BCUT2D eigenvalue weighted by Gasteiger charge is -2.12. The van der Waals surface area contributed by atoms with Crippen LogP contribution in [0.3, 0.4) is 0 Å². The van der Waals surface area contributed by atoms with Crippen LogP contribution in [-0.4, -0.2) is 28.3 Å². The van der Waals surface area contributed by atoms with Crippen LogP contribution in [0.15, 0.2) is 4.36 Å². The summed E-state index contributed by atoms with van der Waals surface area (Å²) < 4.78 is 16.2. The summed E-state index contributed by atoms with van der Waals surface area (Å²) in [6, 6.07) is 0.146. The maximum Gasteiger partial charge on any atom is 0.0524 e. The molecule has 1 saturated heterocycles. The van der Waals surface area contributed by atoms with Gasteiger partial charge in [-0.3, -0.25) is 0 Å². The number of nitrogens with two attached hydrogens (primary N) is 1. The third-order valence-electron chi connectivity index (χ3n) is 2.67. The number of rotatable bonds is 3. The average Bonchev–Trinajstić information content (AvgIpc) is 2.48. The van der Waals surface area contributed by atoms with Crippen LogP contribution < -0.4 is 5.73 Å². The molecule has 0 bridgehead atoms. The van der Waals surface area contributed by atoms with Gasteiger partial charge in [-0.25, -0.2) is 8.57 Å². The molecule has 1 aliphatic heterocycles. The van der Waals surface area contributed by atoms with Gasteiger partial charge in [-0.15, -0.1) is 0 Å². The van der Waals surface area contributed by atoms with Gasteiger partial charge in [0.25, 0.3) is 0 Å². The second kappa shape index (κ2) is 4.42. The lowest BCUT2D eigenvalue weighted by molar-refractivity contribution is 0.496. The quantitative estimate of drug-likeness (QED) is 0.752. The molecule has 3 nitrogen and oxygen atoms in total. The van der Waals surface area contributed by atoms with Gasteiger partial charge in [0.05, 0.1) is 6.54 Å². The van der Waals surface area contributed by atoms with Crippen molar-refractivity contribution in [3.63, 3.8) is 0 Å². The third-order valence-corrected chi connectivity index (χ3v) is 5.14. The van der Waals surface area contributed by atoms with E-state index in [4.69, 9.17) is 5.73 Å². The van der Waals surface area contributed by atoms with Crippen LogP contribution in [-0.2, 0) is 9.73 Å². The molecule has 2 unspecified atom stereocenters. The molecule has 1 fully saturated rings. The molecule has 0 spiro atoms. The van der Waals surface area contributed by atoms with Gasteiger partial charge in [-0.2, -0.15) is 0 Å². The molecule has 1 rings (SSSR count). The monoisotopic (exact) mass is 204 g/mol. The third kappa shape index (κ3) is 3.27. The van der Waals surface area contributed by atoms with E-state index in [-0.39, 0.29) is 6.04 Å². The fraction of sp³-hybridized carbons (Fsp3) is 1.00. The largest absolute Gasteiger partial charge is 0.328 e. The molecule has 78 valence electrons. The van der Waals surface area contributed by atoms with Crippen LogP contribution in [0.2, 0.25) is 0 Å². The highest BCUT2D eigenvalue weighted by molar-refractivity contribution is 7.93. The molecule has 1 heterocycles.